The van der Waals surface area contributed by atoms with Crippen molar-refractivity contribution in [3.05, 3.63) is 20.8 Å². The molecule has 0 atom stereocenters. The Morgan fingerprint density at radius 1 is 1.37 bits per heavy atom. The Kier molecular flexibility index (Phi) is 7.31. The molecule has 0 saturated carbocycles. The number of carbonyl (C=O) groups excluding carboxylic acids is 1. The molecule has 0 radical (unpaired) electrons. The third-order valence-electron chi connectivity index (χ3n) is 3.06. The Morgan fingerprint density at radius 2 is 2.05 bits per heavy atom. The Labute approximate surface area is 132 Å². The maximum Gasteiger partial charge on any atom is 0.236 e. The first-order chi connectivity index (χ1) is 8.69. The average molecular weight is 369 g/mol. The van der Waals surface area contributed by atoms with Crippen molar-refractivity contribution in [2.45, 2.75) is 6.54 Å². The fourth-order valence-electron chi connectivity index (χ4n) is 2.08. The van der Waals surface area contributed by atoms with Crippen molar-refractivity contribution in [2.24, 2.45) is 0 Å². The number of nitrogens with zero attached hydrogens (tertiary/aromatic N) is 2. The number of nitrogens with one attached hydrogen (secondary N) is 1. The topological polar surface area (TPSA) is 35.6 Å². The second kappa shape index (κ2) is 8.21. The van der Waals surface area contributed by atoms with Gasteiger partial charge in [0.05, 0.1) is 10.3 Å². The zero-order valence-corrected chi connectivity index (χ0v) is 14.1. The molecule has 0 aromatic carbocycles. The van der Waals surface area contributed by atoms with E-state index in [1.165, 1.54) is 8.66 Å². The number of hydrogen-bond acceptors (Lipinski definition) is 4. The lowest BCUT2D eigenvalue weighted by Gasteiger charge is -2.34. The third-order valence-corrected chi connectivity index (χ3v) is 4.67. The monoisotopic (exact) mass is 367 g/mol. The molecule has 1 aliphatic heterocycles. The summed E-state index contributed by atoms with van der Waals surface area (Å²) < 4.78 is 1.18. The van der Waals surface area contributed by atoms with Crippen LogP contribution in [0.15, 0.2) is 15.9 Å². The first-order valence-electron chi connectivity index (χ1n) is 6.08. The van der Waals surface area contributed by atoms with Crippen molar-refractivity contribution in [2.75, 3.05) is 39.8 Å². The van der Waals surface area contributed by atoms with Crippen molar-refractivity contribution in [3.8, 4) is 0 Å². The molecule has 7 heteroatoms. The summed E-state index contributed by atoms with van der Waals surface area (Å²) in [5.74, 6) is 0.205. The van der Waals surface area contributed by atoms with Crippen molar-refractivity contribution in [1.82, 2.24) is 15.1 Å². The van der Waals surface area contributed by atoms with Crippen LogP contribution >= 0.6 is 39.7 Å². The standard InChI is InChI=1S/C12H18BrN3OS.ClH/c1-14-8-12(17)16-6-4-15(5-7-16)9-10-2-3-11(13)18-10;/h2-3,14H,4-9H2,1H3;1H. The maximum atomic E-state index is 11.7. The number of carbonyl (C=O) groups is 1. The van der Waals surface area contributed by atoms with E-state index in [0.29, 0.717) is 6.54 Å². The molecule has 0 aliphatic carbocycles. The molecule has 2 rings (SSSR count). The normalized spacial score (nSPS) is 16.2. The number of halogens is 2. The molecule has 19 heavy (non-hydrogen) atoms. The third kappa shape index (κ3) is 5.04. The van der Waals surface area contributed by atoms with Gasteiger partial charge in [-0.15, -0.1) is 23.7 Å². The summed E-state index contributed by atoms with van der Waals surface area (Å²) >= 11 is 5.26. The summed E-state index contributed by atoms with van der Waals surface area (Å²) in [5, 5.41) is 2.91. The molecule has 1 fully saturated rings. The van der Waals surface area contributed by atoms with Gasteiger partial charge in [0, 0.05) is 37.6 Å². The number of piperazine rings is 1. The van der Waals surface area contributed by atoms with Crippen LogP contribution in [0.4, 0.5) is 0 Å². The number of rotatable bonds is 4. The molecule has 4 nitrogen and oxygen atoms in total. The second-order valence-electron chi connectivity index (χ2n) is 4.39. The summed E-state index contributed by atoms with van der Waals surface area (Å²) in [4.78, 5) is 17.4. The summed E-state index contributed by atoms with van der Waals surface area (Å²) in [6, 6.07) is 4.25. The maximum absolute atomic E-state index is 11.7. The largest absolute Gasteiger partial charge is 0.339 e. The molecule has 0 unspecified atom stereocenters. The summed E-state index contributed by atoms with van der Waals surface area (Å²) in [5.41, 5.74) is 0. The highest BCUT2D eigenvalue weighted by atomic mass is 79.9. The summed E-state index contributed by atoms with van der Waals surface area (Å²) in [6.45, 7) is 5.04. The van der Waals surface area contributed by atoms with Gasteiger partial charge in [0.15, 0.2) is 0 Å². The van der Waals surface area contributed by atoms with E-state index >= 15 is 0 Å². The van der Waals surface area contributed by atoms with E-state index in [-0.39, 0.29) is 18.3 Å². The van der Waals surface area contributed by atoms with Crippen LogP contribution in [0.3, 0.4) is 0 Å². The summed E-state index contributed by atoms with van der Waals surface area (Å²) in [7, 11) is 1.81. The SMILES string of the molecule is CNCC(=O)N1CCN(Cc2ccc(Br)s2)CC1.Cl. The average Bonchev–Trinajstić information content (AvgIpc) is 2.76. The van der Waals surface area contributed by atoms with E-state index in [9.17, 15) is 4.79 Å². The zero-order chi connectivity index (χ0) is 13.0. The fourth-order valence-corrected chi connectivity index (χ4v) is 3.60. The van der Waals surface area contributed by atoms with E-state index in [0.717, 1.165) is 32.7 Å². The minimum Gasteiger partial charge on any atom is -0.339 e. The van der Waals surface area contributed by atoms with E-state index in [1.54, 1.807) is 11.3 Å². The van der Waals surface area contributed by atoms with Crippen LogP contribution in [0, 0.1) is 0 Å². The molecule has 1 saturated heterocycles. The molecule has 0 spiro atoms. The van der Waals surface area contributed by atoms with Gasteiger partial charge in [-0.1, -0.05) is 0 Å². The minimum absolute atomic E-state index is 0. The zero-order valence-electron chi connectivity index (χ0n) is 10.9. The smallest absolute Gasteiger partial charge is 0.236 e. The Balaban J connectivity index is 0.00000180. The minimum atomic E-state index is 0. The molecule has 108 valence electrons. The van der Waals surface area contributed by atoms with Gasteiger partial charge in [-0.25, -0.2) is 0 Å². The predicted octanol–water partition coefficient (Wildman–Crippen LogP) is 1.80. The van der Waals surface area contributed by atoms with Gasteiger partial charge in [-0.2, -0.15) is 0 Å². The Morgan fingerprint density at radius 3 is 2.58 bits per heavy atom. The summed E-state index contributed by atoms with van der Waals surface area (Å²) in [6.07, 6.45) is 0. The molecular weight excluding hydrogens is 350 g/mol. The first-order valence-corrected chi connectivity index (χ1v) is 7.69. The van der Waals surface area contributed by atoms with Gasteiger partial charge in [0.25, 0.3) is 0 Å². The molecule has 2 heterocycles. The number of thiophene rings is 1. The second-order valence-corrected chi connectivity index (χ2v) is 6.94. The lowest BCUT2D eigenvalue weighted by atomic mass is 10.3. The van der Waals surface area contributed by atoms with Crippen molar-refractivity contribution in [3.63, 3.8) is 0 Å². The highest BCUT2D eigenvalue weighted by Crippen LogP contribution is 2.23. The van der Waals surface area contributed by atoms with E-state index in [2.05, 4.69) is 38.3 Å². The number of amides is 1. The van der Waals surface area contributed by atoms with Crippen LogP contribution in [0.2, 0.25) is 0 Å². The van der Waals surface area contributed by atoms with E-state index < -0.39 is 0 Å². The highest BCUT2D eigenvalue weighted by Gasteiger charge is 2.20. The van der Waals surface area contributed by atoms with Crippen LogP contribution in [-0.2, 0) is 11.3 Å². The van der Waals surface area contributed by atoms with Crippen LogP contribution < -0.4 is 5.32 Å². The van der Waals surface area contributed by atoms with Crippen LogP contribution in [0.1, 0.15) is 4.88 Å². The Hall–Kier alpha value is -0.140. The van der Waals surface area contributed by atoms with Crippen molar-refractivity contribution < 1.29 is 4.79 Å². The number of likely N-dealkylation sites (N-methyl/N-ethyl adjacent to an activating group) is 1. The van der Waals surface area contributed by atoms with E-state index in [4.69, 9.17) is 0 Å². The van der Waals surface area contributed by atoms with Gasteiger partial charge in [-0.05, 0) is 35.1 Å². The first kappa shape index (κ1) is 16.9. The van der Waals surface area contributed by atoms with E-state index in [1.807, 2.05) is 11.9 Å². The molecule has 0 bridgehead atoms. The molecule has 1 aromatic heterocycles. The molecule has 1 aliphatic rings. The highest BCUT2D eigenvalue weighted by molar-refractivity contribution is 9.11. The van der Waals surface area contributed by atoms with Crippen LogP contribution in [0.5, 0.6) is 0 Å². The van der Waals surface area contributed by atoms with Crippen LogP contribution in [0.25, 0.3) is 0 Å². The van der Waals surface area contributed by atoms with Gasteiger partial charge >= 0.3 is 0 Å². The van der Waals surface area contributed by atoms with Crippen molar-refractivity contribution in [1.29, 1.82) is 0 Å². The molecular formula is C12H19BrClN3OS. The lowest BCUT2D eigenvalue weighted by molar-refractivity contribution is -0.131. The van der Waals surface area contributed by atoms with Gasteiger partial charge < -0.3 is 10.2 Å². The lowest BCUT2D eigenvalue weighted by Crippen LogP contribution is -2.50. The van der Waals surface area contributed by atoms with Gasteiger partial charge in [0.1, 0.15) is 0 Å². The van der Waals surface area contributed by atoms with Gasteiger partial charge in [-0.3, -0.25) is 9.69 Å². The van der Waals surface area contributed by atoms with Crippen LogP contribution in [-0.4, -0.2) is 55.5 Å². The molecule has 1 amide bonds. The van der Waals surface area contributed by atoms with Crippen molar-refractivity contribution >= 4 is 45.6 Å². The quantitative estimate of drug-likeness (QED) is 0.880. The molecule has 1 N–H and O–H groups in total. The predicted molar refractivity (Wildman–Crippen MR) is 85.1 cm³/mol. The fraction of sp³-hybridized carbons (Fsp3) is 0.583. The van der Waals surface area contributed by atoms with Gasteiger partial charge in [0.2, 0.25) is 5.91 Å². The molecule has 1 aromatic rings. The Bertz CT molecular complexity index is 407. The number of hydrogen-bond donors (Lipinski definition) is 1.